The molecule has 1 aromatic heterocycles. The number of hydrogen-bond donors (Lipinski definition) is 2. The summed E-state index contributed by atoms with van der Waals surface area (Å²) in [4.78, 5) is 27.7. The molecule has 0 aliphatic carbocycles. The van der Waals surface area contributed by atoms with Gasteiger partial charge in [-0.15, -0.1) is 11.3 Å². The highest BCUT2D eigenvalue weighted by molar-refractivity contribution is 7.14. The lowest BCUT2D eigenvalue weighted by Crippen LogP contribution is -2.26. The van der Waals surface area contributed by atoms with Gasteiger partial charge in [0.1, 0.15) is 0 Å². The highest BCUT2D eigenvalue weighted by Crippen LogP contribution is 2.30. The topological polar surface area (TPSA) is 79.3 Å². The number of carboxylic acid groups (broad SMARTS) is 1. The lowest BCUT2D eigenvalue weighted by molar-refractivity contribution is -0.140. The van der Waals surface area contributed by atoms with E-state index in [-0.39, 0.29) is 18.2 Å². The van der Waals surface area contributed by atoms with Crippen LogP contribution in [0.15, 0.2) is 29.6 Å². The molecule has 1 aromatic carbocycles. The number of nitrogens with zero attached hydrogens (tertiary/aromatic N) is 1. The number of hydrogen-bond acceptors (Lipinski definition) is 4. The number of aliphatic carboxylic acids is 1. The van der Waals surface area contributed by atoms with Crippen LogP contribution >= 0.6 is 22.9 Å². The number of amides is 1. The first kappa shape index (κ1) is 18.4. The van der Waals surface area contributed by atoms with E-state index in [0.29, 0.717) is 22.3 Å². The monoisotopic (exact) mass is 366 g/mol. The number of nitrogens with one attached hydrogen (secondary N) is 1. The third kappa shape index (κ3) is 5.04. The Bertz CT molecular complexity index is 730. The summed E-state index contributed by atoms with van der Waals surface area (Å²) in [7, 11) is 0. The van der Waals surface area contributed by atoms with Crippen LogP contribution in [0.4, 0.5) is 5.13 Å². The Kier molecular flexibility index (Phi) is 6.34. The molecule has 5 nitrogen and oxygen atoms in total. The molecule has 24 heavy (non-hydrogen) atoms. The zero-order chi connectivity index (χ0) is 17.7. The highest BCUT2D eigenvalue weighted by atomic mass is 35.5. The Balaban J connectivity index is 2.11. The van der Waals surface area contributed by atoms with Crippen LogP contribution in [-0.4, -0.2) is 22.0 Å². The third-order valence-corrected chi connectivity index (χ3v) is 4.52. The third-order valence-electron chi connectivity index (χ3n) is 3.43. The Morgan fingerprint density at radius 3 is 2.67 bits per heavy atom. The maximum Gasteiger partial charge on any atom is 0.304 e. The maximum absolute atomic E-state index is 12.4. The van der Waals surface area contributed by atoms with Crippen molar-refractivity contribution < 1.29 is 14.7 Å². The average Bonchev–Trinajstić information content (AvgIpc) is 2.94. The highest BCUT2D eigenvalue weighted by Gasteiger charge is 2.23. The number of benzene rings is 1. The van der Waals surface area contributed by atoms with Gasteiger partial charge in [0.15, 0.2) is 5.13 Å². The van der Waals surface area contributed by atoms with Gasteiger partial charge in [0.25, 0.3) is 0 Å². The largest absolute Gasteiger partial charge is 0.481 e. The molecule has 0 bridgehead atoms. The molecule has 0 saturated heterocycles. The van der Waals surface area contributed by atoms with Gasteiger partial charge < -0.3 is 10.4 Å². The van der Waals surface area contributed by atoms with Crippen LogP contribution in [0.3, 0.4) is 0 Å². The van der Waals surface area contributed by atoms with Crippen molar-refractivity contribution in [1.82, 2.24) is 4.98 Å². The quantitative estimate of drug-likeness (QED) is 0.753. The predicted molar refractivity (Wildman–Crippen MR) is 96.4 cm³/mol. The van der Waals surface area contributed by atoms with E-state index in [0.717, 1.165) is 5.56 Å². The summed E-state index contributed by atoms with van der Waals surface area (Å²) in [5.74, 6) is -1.64. The number of rotatable bonds is 7. The van der Waals surface area contributed by atoms with E-state index < -0.39 is 11.9 Å². The van der Waals surface area contributed by atoms with Crippen LogP contribution in [0.2, 0.25) is 5.02 Å². The van der Waals surface area contributed by atoms with E-state index in [4.69, 9.17) is 16.7 Å². The van der Waals surface area contributed by atoms with E-state index >= 15 is 0 Å². The molecule has 1 atom stereocenters. The lowest BCUT2D eigenvalue weighted by Gasteiger charge is -2.15. The number of thiazole rings is 1. The van der Waals surface area contributed by atoms with Crippen molar-refractivity contribution >= 4 is 39.9 Å². The van der Waals surface area contributed by atoms with E-state index in [9.17, 15) is 9.59 Å². The van der Waals surface area contributed by atoms with Gasteiger partial charge >= 0.3 is 5.97 Å². The van der Waals surface area contributed by atoms with Crippen LogP contribution < -0.4 is 5.32 Å². The molecule has 2 aromatic rings. The van der Waals surface area contributed by atoms with Crippen molar-refractivity contribution in [2.45, 2.75) is 26.7 Å². The summed E-state index contributed by atoms with van der Waals surface area (Å²) in [6.45, 7) is 3.92. The number of carboxylic acids is 1. The minimum Gasteiger partial charge on any atom is -0.481 e. The second-order valence-corrected chi connectivity index (χ2v) is 7.20. The molecule has 2 rings (SSSR count). The first-order valence-corrected chi connectivity index (χ1v) is 8.85. The van der Waals surface area contributed by atoms with Crippen LogP contribution in [0.25, 0.3) is 11.3 Å². The molecular formula is C17H19ClN2O3S. The molecule has 1 heterocycles. The van der Waals surface area contributed by atoms with Gasteiger partial charge in [-0.3, -0.25) is 9.59 Å². The van der Waals surface area contributed by atoms with Gasteiger partial charge in [-0.25, -0.2) is 4.98 Å². The summed E-state index contributed by atoms with van der Waals surface area (Å²) in [5.41, 5.74) is 1.47. The second-order valence-electron chi connectivity index (χ2n) is 5.93. The molecule has 7 heteroatoms. The fraction of sp³-hybridized carbons (Fsp3) is 0.353. The first-order valence-electron chi connectivity index (χ1n) is 7.60. The fourth-order valence-electron chi connectivity index (χ4n) is 2.39. The van der Waals surface area contributed by atoms with Crippen molar-refractivity contribution in [2.24, 2.45) is 11.8 Å². The van der Waals surface area contributed by atoms with E-state index in [2.05, 4.69) is 10.3 Å². The van der Waals surface area contributed by atoms with Crippen molar-refractivity contribution in [2.75, 3.05) is 5.32 Å². The van der Waals surface area contributed by atoms with Crippen molar-refractivity contribution in [3.63, 3.8) is 0 Å². The van der Waals surface area contributed by atoms with Crippen LogP contribution in [0.5, 0.6) is 0 Å². The van der Waals surface area contributed by atoms with Gasteiger partial charge in [0.05, 0.1) is 12.1 Å². The fourth-order valence-corrected chi connectivity index (χ4v) is 3.34. The van der Waals surface area contributed by atoms with Gasteiger partial charge in [-0.05, 0) is 18.4 Å². The molecule has 0 fully saturated rings. The average molecular weight is 367 g/mol. The Morgan fingerprint density at radius 2 is 2.04 bits per heavy atom. The molecular weight excluding hydrogens is 348 g/mol. The summed E-state index contributed by atoms with van der Waals surface area (Å²) in [6, 6.07) is 7.34. The minimum atomic E-state index is -0.980. The van der Waals surface area contributed by atoms with Crippen molar-refractivity contribution in [3.05, 3.63) is 34.7 Å². The molecule has 2 N–H and O–H groups in total. The van der Waals surface area contributed by atoms with Gasteiger partial charge in [-0.1, -0.05) is 43.6 Å². The number of carbonyl (C=O) groups is 2. The van der Waals surface area contributed by atoms with Gasteiger partial charge in [-0.2, -0.15) is 0 Å². The zero-order valence-corrected chi connectivity index (χ0v) is 15.0. The minimum absolute atomic E-state index is 0.188. The molecule has 1 unspecified atom stereocenters. The Hall–Kier alpha value is -1.92. The smallest absolute Gasteiger partial charge is 0.304 e. The number of aromatic nitrogens is 1. The number of halogens is 1. The maximum atomic E-state index is 12.4. The van der Waals surface area contributed by atoms with Crippen molar-refractivity contribution in [3.8, 4) is 11.3 Å². The van der Waals surface area contributed by atoms with Crippen LogP contribution in [0, 0.1) is 11.8 Å². The second kappa shape index (κ2) is 8.26. The summed E-state index contributed by atoms with van der Waals surface area (Å²) < 4.78 is 0. The lowest BCUT2D eigenvalue weighted by atomic mass is 9.93. The molecule has 0 saturated carbocycles. The summed E-state index contributed by atoms with van der Waals surface area (Å²) in [5, 5.41) is 14.5. The number of carbonyl (C=O) groups excluding carboxylic acids is 1. The normalized spacial score (nSPS) is 12.2. The molecule has 0 spiro atoms. The SMILES string of the molecule is CC(C)CC(CC(=O)O)C(=O)Nc1nc(-c2ccccc2Cl)cs1. The molecule has 0 aliphatic heterocycles. The van der Waals surface area contributed by atoms with Crippen LogP contribution in [0.1, 0.15) is 26.7 Å². The van der Waals surface area contributed by atoms with Gasteiger partial charge in [0.2, 0.25) is 5.91 Å². The summed E-state index contributed by atoms with van der Waals surface area (Å²) >= 11 is 7.44. The summed E-state index contributed by atoms with van der Waals surface area (Å²) in [6.07, 6.45) is 0.327. The van der Waals surface area contributed by atoms with Crippen molar-refractivity contribution in [1.29, 1.82) is 0 Å². The molecule has 128 valence electrons. The first-order chi connectivity index (χ1) is 11.4. The van der Waals surface area contributed by atoms with Gasteiger partial charge in [0, 0.05) is 21.9 Å². The van der Waals surface area contributed by atoms with Crippen LogP contribution in [-0.2, 0) is 9.59 Å². The van der Waals surface area contributed by atoms with E-state index in [1.165, 1.54) is 11.3 Å². The predicted octanol–water partition coefficient (Wildman–Crippen LogP) is 4.54. The van der Waals surface area contributed by atoms with E-state index in [1.807, 2.05) is 37.4 Å². The number of anilines is 1. The Labute approximate surface area is 149 Å². The molecule has 1 amide bonds. The standard InChI is InChI=1S/C17H19ClN2O3S/c1-10(2)7-11(8-15(21)22)16(23)20-17-19-14(9-24-17)12-5-3-4-6-13(12)18/h3-6,9-11H,7-8H2,1-2H3,(H,21,22)(H,19,20,23). The Morgan fingerprint density at radius 1 is 1.33 bits per heavy atom. The molecule has 0 radical (unpaired) electrons. The zero-order valence-electron chi connectivity index (χ0n) is 13.5. The molecule has 0 aliphatic rings. The van der Waals surface area contributed by atoms with E-state index in [1.54, 1.807) is 6.07 Å².